The molecule has 27 heavy (non-hydrogen) atoms. The number of benzene rings is 1. The monoisotopic (exact) mass is 371 g/mol. The Bertz CT molecular complexity index is 766. The molecule has 2 saturated heterocycles. The molecule has 8 heteroatoms. The highest BCUT2D eigenvalue weighted by Crippen LogP contribution is 2.30. The van der Waals surface area contributed by atoms with E-state index in [9.17, 15) is 4.39 Å². The molecule has 0 saturated carbocycles. The first-order valence-corrected chi connectivity index (χ1v) is 9.41. The van der Waals surface area contributed by atoms with Gasteiger partial charge in [-0.3, -0.25) is 0 Å². The van der Waals surface area contributed by atoms with Gasteiger partial charge in [-0.15, -0.1) is 0 Å². The van der Waals surface area contributed by atoms with Crippen molar-refractivity contribution in [3.05, 3.63) is 36.4 Å². The molecule has 2 aliphatic heterocycles. The van der Waals surface area contributed by atoms with Gasteiger partial charge < -0.3 is 25.3 Å². The van der Waals surface area contributed by atoms with Gasteiger partial charge in [-0.1, -0.05) is 0 Å². The Balaban J connectivity index is 1.45. The Morgan fingerprint density at radius 3 is 1.81 bits per heavy atom. The number of aromatic nitrogens is 2. The maximum absolute atomic E-state index is 13.1. The normalized spacial score (nSPS) is 18.8. The molecular formula is C19H26FN7. The number of hydrogen-bond acceptors (Lipinski definition) is 7. The van der Waals surface area contributed by atoms with Crippen LogP contribution < -0.4 is 20.4 Å². The van der Waals surface area contributed by atoms with E-state index in [0.717, 1.165) is 69.7 Å². The minimum atomic E-state index is -0.206. The standard InChI is InChI=1S/C19H26FN7/c1-24-6-8-26(9-7-24)18-17(21)19(23-14-22-18)27-12-10-25(11-13-27)16-4-2-15(20)3-5-16/h2-5,14H,6-13,21H2,1H3. The molecule has 2 aliphatic rings. The zero-order valence-corrected chi connectivity index (χ0v) is 15.7. The van der Waals surface area contributed by atoms with E-state index < -0.39 is 0 Å². The Morgan fingerprint density at radius 2 is 1.26 bits per heavy atom. The van der Waals surface area contributed by atoms with Crippen LogP contribution in [0.25, 0.3) is 0 Å². The lowest BCUT2D eigenvalue weighted by atomic mass is 10.2. The average molecular weight is 371 g/mol. The van der Waals surface area contributed by atoms with E-state index in [1.54, 1.807) is 6.33 Å². The molecule has 1 aromatic carbocycles. The summed E-state index contributed by atoms with van der Waals surface area (Å²) in [5.74, 6) is 1.45. The van der Waals surface area contributed by atoms with Crippen LogP contribution in [0.2, 0.25) is 0 Å². The number of nitrogens with two attached hydrogens (primary N) is 1. The number of piperazine rings is 2. The van der Waals surface area contributed by atoms with Gasteiger partial charge in [-0.25, -0.2) is 14.4 Å². The van der Waals surface area contributed by atoms with Gasteiger partial charge in [0.1, 0.15) is 17.8 Å². The van der Waals surface area contributed by atoms with Gasteiger partial charge in [-0.05, 0) is 31.3 Å². The summed E-state index contributed by atoms with van der Waals surface area (Å²) in [5, 5.41) is 0. The number of hydrogen-bond donors (Lipinski definition) is 1. The van der Waals surface area contributed by atoms with Gasteiger partial charge >= 0.3 is 0 Å². The van der Waals surface area contributed by atoms with E-state index in [0.29, 0.717) is 5.69 Å². The lowest BCUT2D eigenvalue weighted by Crippen LogP contribution is -2.47. The van der Waals surface area contributed by atoms with Crippen LogP contribution in [0.4, 0.5) is 27.4 Å². The third-order valence-electron chi connectivity index (χ3n) is 5.42. The Labute approximate surface area is 159 Å². The molecular weight excluding hydrogens is 345 g/mol. The highest BCUT2D eigenvalue weighted by atomic mass is 19.1. The molecule has 0 bridgehead atoms. The van der Waals surface area contributed by atoms with Crippen molar-refractivity contribution in [1.82, 2.24) is 14.9 Å². The van der Waals surface area contributed by atoms with Crippen molar-refractivity contribution >= 4 is 23.0 Å². The predicted octanol–water partition coefficient (Wildman–Crippen LogP) is 1.28. The van der Waals surface area contributed by atoms with Crippen molar-refractivity contribution in [2.75, 3.05) is 79.8 Å². The summed E-state index contributed by atoms with van der Waals surface area (Å²) in [4.78, 5) is 18.0. The van der Waals surface area contributed by atoms with E-state index in [1.807, 2.05) is 12.1 Å². The van der Waals surface area contributed by atoms with Gasteiger partial charge in [0.25, 0.3) is 0 Å². The van der Waals surface area contributed by atoms with Crippen LogP contribution in [-0.2, 0) is 0 Å². The van der Waals surface area contributed by atoms with Crippen molar-refractivity contribution < 1.29 is 4.39 Å². The minimum Gasteiger partial charge on any atom is -0.393 e. The summed E-state index contributed by atoms with van der Waals surface area (Å²) in [7, 11) is 2.13. The second-order valence-electron chi connectivity index (χ2n) is 7.18. The maximum atomic E-state index is 13.1. The number of anilines is 4. The van der Waals surface area contributed by atoms with Crippen molar-refractivity contribution in [1.29, 1.82) is 0 Å². The Kier molecular flexibility index (Phi) is 4.98. The minimum absolute atomic E-state index is 0.206. The Morgan fingerprint density at radius 1 is 0.778 bits per heavy atom. The quantitative estimate of drug-likeness (QED) is 0.872. The van der Waals surface area contributed by atoms with E-state index in [-0.39, 0.29) is 5.82 Å². The molecule has 3 heterocycles. The molecule has 1 aromatic heterocycles. The first-order valence-electron chi connectivity index (χ1n) is 9.41. The van der Waals surface area contributed by atoms with E-state index in [1.165, 1.54) is 12.1 Å². The number of rotatable bonds is 3. The molecule has 2 fully saturated rings. The van der Waals surface area contributed by atoms with Gasteiger partial charge in [0.05, 0.1) is 0 Å². The molecule has 0 amide bonds. The van der Waals surface area contributed by atoms with Crippen molar-refractivity contribution in [3.63, 3.8) is 0 Å². The van der Waals surface area contributed by atoms with Crippen LogP contribution >= 0.6 is 0 Å². The molecule has 4 rings (SSSR count). The van der Waals surface area contributed by atoms with E-state index >= 15 is 0 Å². The summed E-state index contributed by atoms with van der Waals surface area (Å²) in [5.41, 5.74) is 8.18. The van der Waals surface area contributed by atoms with Crippen LogP contribution in [0.5, 0.6) is 0 Å². The van der Waals surface area contributed by atoms with Gasteiger partial charge in [-0.2, -0.15) is 0 Å². The van der Waals surface area contributed by atoms with E-state index in [2.05, 4.69) is 36.6 Å². The maximum Gasteiger partial charge on any atom is 0.157 e. The molecule has 0 spiro atoms. The van der Waals surface area contributed by atoms with Crippen LogP contribution in [0.1, 0.15) is 0 Å². The molecule has 2 N–H and O–H groups in total. The molecule has 144 valence electrons. The summed E-state index contributed by atoms with van der Waals surface area (Å²) in [6.45, 7) is 7.20. The summed E-state index contributed by atoms with van der Waals surface area (Å²) in [6.07, 6.45) is 1.62. The van der Waals surface area contributed by atoms with Crippen molar-refractivity contribution in [2.24, 2.45) is 0 Å². The van der Waals surface area contributed by atoms with Crippen molar-refractivity contribution in [3.8, 4) is 0 Å². The lowest BCUT2D eigenvalue weighted by molar-refractivity contribution is 0.312. The highest BCUT2D eigenvalue weighted by Gasteiger charge is 2.24. The second kappa shape index (κ2) is 7.56. The van der Waals surface area contributed by atoms with Crippen LogP contribution in [0, 0.1) is 5.82 Å². The van der Waals surface area contributed by atoms with Gasteiger partial charge in [0.2, 0.25) is 0 Å². The summed E-state index contributed by atoms with van der Waals surface area (Å²) < 4.78 is 13.1. The van der Waals surface area contributed by atoms with Crippen LogP contribution in [-0.4, -0.2) is 74.3 Å². The number of likely N-dealkylation sites (N-methyl/N-ethyl adjacent to an activating group) is 1. The first-order chi connectivity index (χ1) is 13.1. The number of nitrogen functional groups attached to an aromatic ring is 1. The fourth-order valence-corrected chi connectivity index (χ4v) is 3.73. The fraction of sp³-hybridized carbons (Fsp3) is 0.474. The molecule has 0 atom stereocenters. The van der Waals surface area contributed by atoms with Crippen molar-refractivity contribution in [2.45, 2.75) is 0 Å². The molecule has 2 aromatic rings. The fourth-order valence-electron chi connectivity index (χ4n) is 3.73. The first kappa shape index (κ1) is 17.8. The highest BCUT2D eigenvalue weighted by molar-refractivity contribution is 5.76. The SMILES string of the molecule is CN1CCN(c2ncnc(N3CCN(c4ccc(F)cc4)CC3)c2N)CC1. The zero-order valence-electron chi connectivity index (χ0n) is 15.7. The number of nitrogens with zero attached hydrogens (tertiary/aromatic N) is 6. The van der Waals surface area contributed by atoms with Crippen LogP contribution in [0.15, 0.2) is 30.6 Å². The summed E-state index contributed by atoms with van der Waals surface area (Å²) in [6, 6.07) is 6.67. The largest absolute Gasteiger partial charge is 0.393 e. The predicted molar refractivity (Wildman–Crippen MR) is 107 cm³/mol. The third-order valence-corrected chi connectivity index (χ3v) is 5.42. The van der Waals surface area contributed by atoms with E-state index in [4.69, 9.17) is 5.73 Å². The smallest absolute Gasteiger partial charge is 0.157 e. The zero-order chi connectivity index (χ0) is 18.8. The summed E-state index contributed by atoms with van der Waals surface area (Å²) >= 11 is 0. The van der Waals surface area contributed by atoms with Gasteiger partial charge in [0.15, 0.2) is 11.6 Å². The lowest BCUT2D eigenvalue weighted by Gasteiger charge is -2.38. The van der Waals surface area contributed by atoms with Gasteiger partial charge in [0, 0.05) is 58.0 Å². The Hall–Kier alpha value is -2.61. The van der Waals surface area contributed by atoms with Crippen LogP contribution in [0.3, 0.4) is 0 Å². The molecule has 0 unspecified atom stereocenters. The average Bonchev–Trinajstić information content (AvgIpc) is 2.70. The molecule has 7 nitrogen and oxygen atoms in total. The number of halogens is 1. The second-order valence-corrected chi connectivity index (χ2v) is 7.18. The third kappa shape index (κ3) is 3.75. The molecule has 0 aliphatic carbocycles. The topological polar surface area (TPSA) is 64.8 Å². The molecule has 0 radical (unpaired) electrons.